The minimum absolute atomic E-state index is 0.00195. The number of benzene rings is 1. The van der Waals surface area contributed by atoms with Gasteiger partial charge in [0, 0.05) is 11.6 Å². The van der Waals surface area contributed by atoms with E-state index in [0.29, 0.717) is 4.47 Å². The summed E-state index contributed by atoms with van der Waals surface area (Å²) in [6.07, 6.45) is 0. The monoisotopic (exact) mass is 268 g/mol. The van der Waals surface area contributed by atoms with E-state index in [0.717, 1.165) is 0 Å². The lowest BCUT2D eigenvalue weighted by atomic mass is 10.3. The third-order valence-corrected chi connectivity index (χ3v) is 2.59. The molecule has 0 amide bonds. The molecule has 5 heteroatoms. The van der Waals surface area contributed by atoms with Crippen LogP contribution in [0.5, 0.6) is 5.75 Å². The van der Waals surface area contributed by atoms with Crippen LogP contribution in [0.2, 0.25) is 5.02 Å². The first-order chi connectivity index (χ1) is 6.16. The van der Waals surface area contributed by atoms with Crippen molar-refractivity contribution in [2.75, 3.05) is 13.9 Å². The fourth-order valence-electron chi connectivity index (χ4n) is 0.759. The molecule has 0 aliphatic rings. The Hall–Kier alpha value is -0.320. The van der Waals surface area contributed by atoms with Crippen molar-refractivity contribution in [2.45, 2.75) is 0 Å². The molecule has 1 aromatic carbocycles. The predicted molar refractivity (Wildman–Crippen MR) is 51.6 cm³/mol. The lowest BCUT2D eigenvalue weighted by Crippen LogP contribution is -2.01. The highest BCUT2D eigenvalue weighted by Crippen LogP contribution is 2.34. The van der Waals surface area contributed by atoms with Crippen LogP contribution in [0.3, 0.4) is 0 Å². The summed E-state index contributed by atoms with van der Waals surface area (Å²) in [4.78, 5) is 0. The summed E-state index contributed by atoms with van der Waals surface area (Å²) in [6.45, 7) is -0.0346. The number of halogens is 3. The Bertz CT molecular complexity index is 306. The van der Waals surface area contributed by atoms with Crippen LogP contribution < -0.4 is 4.74 Å². The van der Waals surface area contributed by atoms with Gasteiger partial charge < -0.3 is 9.47 Å². The molecule has 0 aliphatic heterocycles. The van der Waals surface area contributed by atoms with Gasteiger partial charge in [0.2, 0.25) is 0 Å². The molecule has 72 valence electrons. The van der Waals surface area contributed by atoms with Gasteiger partial charge in [0.1, 0.15) is 0 Å². The van der Waals surface area contributed by atoms with Crippen LogP contribution >= 0.6 is 27.5 Å². The van der Waals surface area contributed by atoms with Crippen molar-refractivity contribution < 1.29 is 13.9 Å². The lowest BCUT2D eigenvalue weighted by Gasteiger charge is -2.08. The van der Waals surface area contributed by atoms with Gasteiger partial charge >= 0.3 is 0 Å². The van der Waals surface area contributed by atoms with Crippen LogP contribution in [0, 0.1) is 5.82 Å². The first kappa shape index (κ1) is 10.8. The zero-order valence-electron chi connectivity index (χ0n) is 6.81. The Morgan fingerprint density at radius 1 is 1.54 bits per heavy atom. The fraction of sp³-hybridized carbons (Fsp3) is 0.250. The summed E-state index contributed by atoms with van der Waals surface area (Å²) in [5.74, 6) is -0.511. The summed E-state index contributed by atoms with van der Waals surface area (Å²) in [6, 6.07) is 2.78. The van der Waals surface area contributed by atoms with Crippen LogP contribution in [0.4, 0.5) is 4.39 Å². The molecule has 0 radical (unpaired) electrons. The molecule has 0 saturated carbocycles. The highest BCUT2D eigenvalue weighted by Gasteiger charge is 2.11. The first-order valence-electron chi connectivity index (χ1n) is 3.42. The number of methoxy groups -OCH3 is 1. The van der Waals surface area contributed by atoms with E-state index in [1.807, 2.05) is 0 Å². The molecule has 0 saturated heterocycles. The molecule has 1 rings (SSSR count). The molecule has 0 heterocycles. The van der Waals surface area contributed by atoms with Gasteiger partial charge in [-0.3, -0.25) is 0 Å². The second-order valence-electron chi connectivity index (χ2n) is 2.22. The zero-order valence-corrected chi connectivity index (χ0v) is 9.15. The SMILES string of the molecule is COCOc1c(F)ccc(Br)c1Cl. The highest BCUT2D eigenvalue weighted by molar-refractivity contribution is 9.10. The molecule has 0 atom stereocenters. The van der Waals surface area contributed by atoms with Crippen LogP contribution in [-0.2, 0) is 4.74 Å². The molecule has 0 aliphatic carbocycles. The van der Waals surface area contributed by atoms with E-state index in [1.54, 1.807) is 0 Å². The molecule has 0 N–H and O–H groups in total. The lowest BCUT2D eigenvalue weighted by molar-refractivity contribution is 0.0483. The molecule has 0 aromatic heterocycles. The van der Waals surface area contributed by atoms with Crippen molar-refractivity contribution in [3.63, 3.8) is 0 Å². The molecule has 13 heavy (non-hydrogen) atoms. The highest BCUT2D eigenvalue weighted by atomic mass is 79.9. The van der Waals surface area contributed by atoms with Gasteiger partial charge in [-0.05, 0) is 28.1 Å². The van der Waals surface area contributed by atoms with E-state index in [1.165, 1.54) is 19.2 Å². The summed E-state index contributed by atoms with van der Waals surface area (Å²) in [5, 5.41) is 0.206. The van der Waals surface area contributed by atoms with Crippen LogP contribution in [0.25, 0.3) is 0 Å². The van der Waals surface area contributed by atoms with E-state index in [2.05, 4.69) is 20.7 Å². The van der Waals surface area contributed by atoms with Gasteiger partial charge in [0.25, 0.3) is 0 Å². The molecule has 1 aromatic rings. The smallest absolute Gasteiger partial charge is 0.188 e. The van der Waals surface area contributed by atoms with Gasteiger partial charge in [0.05, 0.1) is 5.02 Å². The van der Waals surface area contributed by atoms with Gasteiger partial charge in [-0.1, -0.05) is 11.6 Å². The van der Waals surface area contributed by atoms with Gasteiger partial charge in [-0.15, -0.1) is 0 Å². The van der Waals surface area contributed by atoms with Gasteiger partial charge in [0.15, 0.2) is 18.4 Å². The predicted octanol–water partition coefficient (Wildman–Crippen LogP) is 3.22. The number of rotatable bonds is 3. The number of hydrogen-bond donors (Lipinski definition) is 0. The maximum Gasteiger partial charge on any atom is 0.188 e. The third-order valence-electron chi connectivity index (χ3n) is 1.32. The maximum absolute atomic E-state index is 13.1. The third kappa shape index (κ3) is 2.56. The van der Waals surface area contributed by atoms with Gasteiger partial charge in [-0.2, -0.15) is 0 Å². The normalized spacial score (nSPS) is 10.2. The summed E-state index contributed by atoms with van der Waals surface area (Å²) >= 11 is 8.92. The summed E-state index contributed by atoms with van der Waals surface area (Å²) < 4.78 is 23.2. The van der Waals surface area contributed by atoms with Crippen LogP contribution in [-0.4, -0.2) is 13.9 Å². The standard InChI is InChI=1S/C8H7BrClFO2/c1-12-4-13-8-6(11)3-2-5(9)7(8)10/h2-3H,4H2,1H3. The van der Waals surface area contributed by atoms with E-state index in [-0.39, 0.29) is 17.6 Å². The fourth-order valence-corrected chi connectivity index (χ4v) is 1.28. The average Bonchev–Trinajstić information content (AvgIpc) is 2.12. The van der Waals surface area contributed by atoms with Crippen molar-refractivity contribution >= 4 is 27.5 Å². The van der Waals surface area contributed by atoms with Crippen molar-refractivity contribution in [1.82, 2.24) is 0 Å². The van der Waals surface area contributed by atoms with Crippen molar-refractivity contribution in [3.05, 3.63) is 27.4 Å². The van der Waals surface area contributed by atoms with Crippen molar-refractivity contribution in [2.24, 2.45) is 0 Å². The molecule has 0 fully saturated rings. The summed E-state index contributed by atoms with van der Waals surface area (Å²) in [7, 11) is 1.45. The Labute approximate surface area is 88.7 Å². The van der Waals surface area contributed by atoms with E-state index in [4.69, 9.17) is 16.3 Å². The molecule has 0 spiro atoms. The van der Waals surface area contributed by atoms with Gasteiger partial charge in [-0.25, -0.2) is 4.39 Å². The molecular formula is C8H7BrClFO2. The molecular weight excluding hydrogens is 262 g/mol. The Morgan fingerprint density at radius 3 is 2.85 bits per heavy atom. The van der Waals surface area contributed by atoms with Crippen molar-refractivity contribution in [3.8, 4) is 5.75 Å². The Balaban J connectivity index is 2.96. The largest absolute Gasteiger partial charge is 0.463 e. The quantitative estimate of drug-likeness (QED) is 0.619. The molecule has 0 bridgehead atoms. The summed E-state index contributed by atoms with van der Waals surface area (Å²) in [5.41, 5.74) is 0. The first-order valence-corrected chi connectivity index (χ1v) is 4.59. The topological polar surface area (TPSA) is 18.5 Å². The molecule has 2 nitrogen and oxygen atoms in total. The van der Waals surface area contributed by atoms with E-state index < -0.39 is 5.82 Å². The minimum atomic E-state index is -0.509. The minimum Gasteiger partial charge on any atom is -0.463 e. The number of ether oxygens (including phenoxy) is 2. The zero-order chi connectivity index (χ0) is 9.84. The second-order valence-corrected chi connectivity index (χ2v) is 3.46. The van der Waals surface area contributed by atoms with E-state index in [9.17, 15) is 4.39 Å². The Kier molecular flexibility index (Phi) is 3.96. The second kappa shape index (κ2) is 4.79. The van der Waals surface area contributed by atoms with Crippen LogP contribution in [0.15, 0.2) is 16.6 Å². The Morgan fingerprint density at radius 2 is 2.23 bits per heavy atom. The van der Waals surface area contributed by atoms with E-state index >= 15 is 0 Å². The maximum atomic E-state index is 13.1. The van der Waals surface area contributed by atoms with Crippen LogP contribution in [0.1, 0.15) is 0 Å². The molecule has 0 unspecified atom stereocenters. The van der Waals surface area contributed by atoms with Crippen molar-refractivity contribution in [1.29, 1.82) is 0 Å². The average molecular weight is 269 g/mol. The number of hydrogen-bond acceptors (Lipinski definition) is 2.